The molecule has 7 aromatic carbocycles. The van der Waals surface area contributed by atoms with E-state index in [1.165, 1.54) is 5.56 Å². The van der Waals surface area contributed by atoms with Crippen LogP contribution in [0.2, 0.25) is 5.02 Å². The smallest absolute Gasteiger partial charge is 0.161 e. The average Bonchev–Trinajstić information content (AvgIpc) is 3.15. The van der Waals surface area contributed by atoms with Crippen molar-refractivity contribution in [2.24, 2.45) is 0 Å². The summed E-state index contributed by atoms with van der Waals surface area (Å²) >= 11 is 6.45. The molecule has 0 N–H and O–H groups in total. The Bertz CT molecular complexity index is 2360. The van der Waals surface area contributed by atoms with Crippen molar-refractivity contribution >= 4 is 22.4 Å². The summed E-state index contributed by atoms with van der Waals surface area (Å²) < 4.78 is 0. The van der Waals surface area contributed by atoms with E-state index < -0.39 is 0 Å². The number of aromatic nitrogens is 2. The van der Waals surface area contributed by atoms with Crippen LogP contribution in [0.4, 0.5) is 0 Å². The quantitative estimate of drug-likeness (QED) is 0.185. The Labute approximate surface area is 279 Å². The van der Waals surface area contributed by atoms with Crippen LogP contribution in [0.25, 0.3) is 78.1 Å². The van der Waals surface area contributed by atoms with Gasteiger partial charge >= 0.3 is 0 Å². The molecule has 0 bridgehead atoms. The van der Waals surface area contributed by atoms with Crippen LogP contribution in [0.1, 0.15) is 0 Å². The highest BCUT2D eigenvalue weighted by Crippen LogP contribution is 2.38. The summed E-state index contributed by atoms with van der Waals surface area (Å²) in [6, 6.07) is 61.0. The second-order valence-electron chi connectivity index (χ2n) is 11.6. The Morgan fingerprint density at radius 1 is 0.340 bits per heavy atom. The first kappa shape index (κ1) is 28.6. The van der Waals surface area contributed by atoms with Gasteiger partial charge < -0.3 is 0 Å². The van der Waals surface area contributed by atoms with Gasteiger partial charge in [-0.2, -0.15) is 0 Å². The maximum absolute atomic E-state index is 6.45. The lowest BCUT2D eigenvalue weighted by atomic mass is 9.94. The Hall–Kier alpha value is -5.83. The van der Waals surface area contributed by atoms with Gasteiger partial charge in [0.2, 0.25) is 0 Å². The van der Waals surface area contributed by atoms with Crippen LogP contribution in [0.15, 0.2) is 176 Å². The average molecular weight is 621 g/mol. The molecule has 0 aliphatic heterocycles. The van der Waals surface area contributed by atoms with Crippen LogP contribution in [0.5, 0.6) is 0 Å². The number of nitrogens with zero attached hydrogens (tertiary/aromatic N) is 2. The van der Waals surface area contributed by atoms with Crippen molar-refractivity contribution in [1.82, 2.24) is 9.97 Å². The van der Waals surface area contributed by atoms with Crippen molar-refractivity contribution < 1.29 is 0 Å². The highest BCUT2D eigenvalue weighted by molar-refractivity contribution is 6.30. The van der Waals surface area contributed by atoms with E-state index >= 15 is 0 Å². The standard InChI is InChI=1S/C44H29ClN2/c45-37-21-12-19-33(27-37)36-26-34-17-7-8-23-39(34)41(28-36)43-29-42(35-20-11-18-32(25-35)30-13-3-1-4-14-30)46-44(47-43)40-24-10-9-22-38(40)31-15-5-2-6-16-31/h1-29H. The molecule has 2 nitrogen and oxygen atoms in total. The molecule has 222 valence electrons. The van der Waals surface area contributed by atoms with Crippen molar-refractivity contribution in [1.29, 1.82) is 0 Å². The summed E-state index contributed by atoms with van der Waals surface area (Å²) in [4.78, 5) is 10.6. The van der Waals surface area contributed by atoms with Gasteiger partial charge in [-0.05, 0) is 80.6 Å². The lowest BCUT2D eigenvalue weighted by molar-refractivity contribution is 1.19. The fourth-order valence-electron chi connectivity index (χ4n) is 6.25. The van der Waals surface area contributed by atoms with Crippen molar-refractivity contribution in [3.63, 3.8) is 0 Å². The molecule has 0 atom stereocenters. The SMILES string of the molecule is Clc1cccc(-c2cc(-c3cc(-c4cccc(-c5ccccc5)c4)nc(-c4ccccc4-c4ccccc4)n3)c3ccccc3c2)c1. The maximum atomic E-state index is 6.45. The minimum atomic E-state index is 0.680. The number of fused-ring (bicyclic) bond motifs is 1. The van der Waals surface area contributed by atoms with Crippen LogP contribution in [-0.4, -0.2) is 9.97 Å². The molecule has 1 heterocycles. The number of hydrogen-bond donors (Lipinski definition) is 0. The lowest BCUT2D eigenvalue weighted by Crippen LogP contribution is -1.98. The summed E-state index contributed by atoms with van der Waals surface area (Å²) in [7, 11) is 0. The number of benzene rings is 7. The monoisotopic (exact) mass is 620 g/mol. The molecule has 0 unspecified atom stereocenters. The third-order valence-electron chi connectivity index (χ3n) is 8.54. The second kappa shape index (κ2) is 12.5. The summed E-state index contributed by atoms with van der Waals surface area (Å²) in [5.74, 6) is 0.680. The van der Waals surface area contributed by atoms with Crippen molar-refractivity contribution in [3.05, 3.63) is 181 Å². The van der Waals surface area contributed by atoms with Gasteiger partial charge in [-0.3, -0.25) is 0 Å². The van der Waals surface area contributed by atoms with E-state index in [9.17, 15) is 0 Å². The highest BCUT2D eigenvalue weighted by Gasteiger charge is 2.17. The molecular weight excluding hydrogens is 592 g/mol. The van der Waals surface area contributed by atoms with Crippen LogP contribution in [0, 0.1) is 0 Å². The molecule has 0 saturated carbocycles. The molecule has 0 saturated heterocycles. The Morgan fingerprint density at radius 3 is 1.72 bits per heavy atom. The largest absolute Gasteiger partial charge is 0.228 e. The molecule has 3 heteroatoms. The summed E-state index contributed by atoms with van der Waals surface area (Å²) in [5.41, 5.74) is 11.4. The summed E-state index contributed by atoms with van der Waals surface area (Å²) in [6.07, 6.45) is 0. The van der Waals surface area contributed by atoms with Crippen LogP contribution in [0.3, 0.4) is 0 Å². The first-order chi connectivity index (χ1) is 23.2. The molecule has 0 radical (unpaired) electrons. The minimum absolute atomic E-state index is 0.680. The number of rotatable bonds is 6. The molecule has 0 aliphatic rings. The Balaban J connectivity index is 1.39. The van der Waals surface area contributed by atoms with E-state index in [1.807, 2.05) is 30.3 Å². The van der Waals surface area contributed by atoms with E-state index in [2.05, 4.69) is 146 Å². The minimum Gasteiger partial charge on any atom is -0.228 e. The third kappa shape index (κ3) is 5.83. The molecule has 0 aliphatic carbocycles. The molecule has 8 rings (SSSR count). The van der Waals surface area contributed by atoms with E-state index in [0.29, 0.717) is 10.8 Å². The Morgan fingerprint density at radius 2 is 0.936 bits per heavy atom. The fraction of sp³-hybridized carbons (Fsp3) is 0. The van der Waals surface area contributed by atoms with Gasteiger partial charge in [0.15, 0.2) is 5.82 Å². The highest BCUT2D eigenvalue weighted by atomic mass is 35.5. The normalized spacial score (nSPS) is 11.1. The predicted octanol–water partition coefficient (Wildman–Crippen LogP) is 12.3. The third-order valence-corrected chi connectivity index (χ3v) is 8.78. The lowest BCUT2D eigenvalue weighted by Gasteiger charge is -2.15. The van der Waals surface area contributed by atoms with Gasteiger partial charge in [-0.15, -0.1) is 0 Å². The maximum Gasteiger partial charge on any atom is 0.161 e. The zero-order valence-electron chi connectivity index (χ0n) is 25.5. The van der Waals surface area contributed by atoms with Gasteiger partial charge in [0.25, 0.3) is 0 Å². The molecule has 8 aromatic rings. The first-order valence-electron chi connectivity index (χ1n) is 15.7. The number of hydrogen-bond acceptors (Lipinski definition) is 2. The van der Waals surface area contributed by atoms with Crippen LogP contribution in [-0.2, 0) is 0 Å². The van der Waals surface area contributed by atoms with E-state index in [4.69, 9.17) is 21.6 Å². The zero-order chi connectivity index (χ0) is 31.6. The van der Waals surface area contributed by atoms with Gasteiger partial charge in [-0.25, -0.2) is 9.97 Å². The molecule has 0 fully saturated rings. The van der Waals surface area contributed by atoms with Gasteiger partial charge in [0.1, 0.15) is 0 Å². The molecule has 0 amide bonds. The summed E-state index contributed by atoms with van der Waals surface area (Å²) in [6.45, 7) is 0. The molecule has 1 aromatic heterocycles. The second-order valence-corrected chi connectivity index (χ2v) is 12.0. The van der Waals surface area contributed by atoms with E-state index in [1.54, 1.807) is 0 Å². The first-order valence-corrected chi connectivity index (χ1v) is 16.1. The van der Waals surface area contributed by atoms with Crippen molar-refractivity contribution in [2.75, 3.05) is 0 Å². The van der Waals surface area contributed by atoms with Gasteiger partial charge in [0.05, 0.1) is 11.4 Å². The van der Waals surface area contributed by atoms with Crippen LogP contribution < -0.4 is 0 Å². The predicted molar refractivity (Wildman–Crippen MR) is 197 cm³/mol. The Kier molecular flexibility index (Phi) is 7.62. The summed E-state index contributed by atoms with van der Waals surface area (Å²) in [5, 5.41) is 2.97. The topological polar surface area (TPSA) is 25.8 Å². The molecule has 47 heavy (non-hydrogen) atoms. The van der Waals surface area contributed by atoms with Gasteiger partial charge in [0, 0.05) is 21.7 Å². The number of halogens is 1. The van der Waals surface area contributed by atoms with Gasteiger partial charge in [-0.1, -0.05) is 151 Å². The molecular formula is C44H29ClN2. The van der Waals surface area contributed by atoms with E-state index in [-0.39, 0.29) is 0 Å². The molecule has 0 spiro atoms. The fourth-order valence-corrected chi connectivity index (χ4v) is 6.44. The van der Waals surface area contributed by atoms with Crippen LogP contribution >= 0.6 is 11.6 Å². The van der Waals surface area contributed by atoms with Crippen molar-refractivity contribution in [2.45, 2.75) is 0 Å². The van der Waals surface area contributed by atoms with Crippen molar-refractivity contribution in [3.8, 4) is 67.3 Å². The zero-order valence-corrected chi connectivity index (χ0v) is 26.3. The van der Waals surface area contributed by atoms with E-state index in [0.717, 1.165) is 66.7 Å².